The summed E-state index contributed by atoms with van der Waals surface area (Å²) in [6.45, 7) is 0. The van der Waals surface area contributed by atoms with Gasteiger partial charge in [0.05, 0.1) is 0 Å². The lowest BCUT2D eigenvalue weighted by Crippen LogP contribution is -1.94. The van der Waals surface area contributed by atoms with Crippen LogP contribution in [0.3, 0.4) is 0 Å². The largest absolute Gasteiger partial charge is 0.383 e. The molecule has 5 heteroatoms. The molecule has 0 fully saturated rings. The molecule has 84 valence electrons. The average molecular weight is 228 g/mol. The zero-order chi connectivity index (χ0) is 11.8. The molecule has 0 aliphatic carbocycles. The standard InChI is InChI=1S/C12H9FN4/c13-9-1-2-10-16-11(12(14)17(10)7-9)8-3-5-15-6-4-8/h1-7H,14H2. The van der Waals surface area contributed by atoms with Crippen molar-refractivity contribution in [3.8, 4) is 11.3 Å². The molecule has 0 aliphatic heterocycles. The number of nitrogens with two attached hydrogens (primary N) is 1. The van der Waals surface area contributed by atoms with Gasteiger partial charge in [-0.25, -0.2) is 9.37 Å². The van der Waals surface area contributed by atoms with Gasteiger partial charge in [-0.15, -0.1) is 0 Å². The summed E-state index contributed by atoms with van der Waals surface area (Å²) < 4.78 is 14.6. The van der Waals surface area contributed by atoms with Crippen LogP contribution in [0.2, 0.25) is 0 Å². The Morgan fingerprint density at radius 1 is 1.12 bits per heavy atom. The molecule has 0 saturated heterocycles. The second-order valence-corrected chi connectivity index (χ2v) is 3.66. The number of anilines is 1. The third kappa shape index (κ3) is 1.52. The number of nitrogens with zero attached hydrogens (tertiary/aromatic N) is 3. The smallest absolute Gasteiger partial charge is 0.140 e. The molecule has 2 N–H and O–H groups in total. The van der Waals surface area contributed by atoms with E-state index < -0.39 is 0 Å². The third-order valence-electron chi connectivity index (χ3n) is 2.57. The molecule has 0 aromatic carbocycles. The van der Waals surface area contributed by atoms with Crippen molar-refractivity contribution < 1.29 is 4.39 Å². The molecular weight excluding hydrogens is 219 g/mol. The fourth-order valence-corrected chi connectivity index (χ4v) is 1.76. The van der Waals surface area contributed by atoms with Gasteiger partial charge in [0.1, 0.15) is 23.0 Å². The number of aromatic nitrogens is 3. The van der Waals surface area contributed by atoms with Gasteiger partial charge in [0.2, 0.25) is 0 Å². The predicted molar refractivity (Wildman–Crippen MR) is 62.8 cm³/mol. The van der Waals surface area contributed by atoms with Crippen LogP contribution in [0.5, 0.6) is 0 Å². The second kappa shape index (κ2) is 3.55. The highest BCUT2D eigenvalue weighted by Gasteiger charge is 2.11. The highest BCUT2D eigenvalue weighted by molar-refractivity contribution is 5.74. The lowest BCUT2D eigenvalue weighted by Gasteiger charge is -1.98. The first-order valence-corrected chi connectivity index (χ1v) is 5.09. The van der Waals surface area contributed by atoms with E-state index in [1.807, 2.05) is 12.1 Å². The number of nitrogen functional groups attached to an aromatic ring is 1. The third-order valence-corrected chi connectivity index (χ3v) is 2.57. The van der Waals surface area contributed by atoms with Crippen molar-refractivity contribution in [1.29, 1.82) is 0 Å². The van der Waals surface area contributed by atoms with E-state index in [9.17, 15) is 4.39 Å². The molecule has 0 aliphatic rings. The number of fused-ring (bicyclic) bond motifs is 1. The van der Waals surface area contributed by atoms with Crippen molar-refractivity contribution in [1.82, 2.24) is 14.4 Å². The first-order chi connectivity index (χ1) is 8.25. The van der Waals surface area contributed by atoms with Gasteiger partial charge in [-0.05, 0) is 24.3 Å². The Balaban J connectivity index is 2.28. The SMILES string of the molecule is Nc1c(-c2ccncc2)nc2ccc(F)cn12. The fraction of sp³-hybridized carbons (Fsp3) is 0. The number of pyridine rings is 2. The Kier molecular flexibility index (Phi) is 2.04. The van der Waals surface area contributed by atoms with Gasteiger partial charge < -0.3 is 5.73 Å². The van der Waals surface area contributed by atoms with Crippen molar-refractivity contribution in [2.75, 3.05) is 5.73 Å². The van der Waals surface area contributed by atoms with Crippen LogP contribution in [0.25, 0.3) is 16.9 Å². The molecule has 4 nitrogen and oxygen atoms in total. The van der Waals surface area contributed by atoms with Crippen molar-refractivity contribution >= 4 is 11.5 Å². The molecule has 0 spiro atoms. The molecule has 3 aromatic heterocycles. The van der Waals surface area contributed by atoms with E-state index >= 15 is 0 Å². The van der Waals surface area contributed by atoms with Gasteiger partial charge in [-0.2, -0.15) is 0 Å². The number of rotatable bonds is 1. The number of hydrogen-bond donors (Lipinski definition) is 1. The fourth-order valence-electron chi connectivity index (χ4n) is 1.76. The Morgan fingerprint density at radius 2 is 1.88 bits per heavy atom. The van der Waals surface area contributed by atoms with Gasteiger partial charge in [0, 0.05) is 24.2 Å². The van der Waals surface area contributed by atoms with Gasteiger partial charge in [0.25, 0.3) is 0 Å². The van der Waals surface area contributed by atoms with Gasteiger partial charge in [-0.3, -0.25) is 9.38 Å². The molecule has 0 atom stereocenters. The summed E-state index contributed by atoms with van der Waals surface area (Å²) in [7, 11) is 0. The normalized spacial score (nSPS) is 10.9. The van der Waals surface area contributed by atoms with Crippen LogP contribution in [0.1, 0.15) is 0 Å². The highest BCUT2D eigenvalue weighted by atomic mass is 19.1. The minimum atomic E-state index is -0.345. The predicted octanol–water partition coefficient (Wildman–Crippen LogP) is 2.12. The molecule has 0 unspecified atom stereocenters. The van der Waals surface area contributed by atoms with Crippen LogP contribution in [0.4, 0.5) is 10.2 Å². The summed E-state index contributed by atoms with van der Waals surface area (Å²) in [5.41, 5.74) is 8.07. The molecule has 0 amide bonds. The van der Waals surface area contributed by atoms with Crippen LogP contribution in [-0.4, -0.2) is 14.4 Å². The summed E-state index contributed by atoms with van der Waals surface area (Å²) in [5.74, 6) is 0.0774. The minimum Gasteiger partial charge on any atom is -0.383 e. The van der Waals surface area contributed by atoms with Crippen LogP contribution < -0.4 is 5.73 Å². The molecule has 17 heavy (non-hydrogen) atoms. The number of hydrogen-bond acceptors (Lipinski definition) is 3. The average Bonchev–Trinajstić information content (AvgIpc) is 2.68. The van der Waals surface area contributed by atoms with Gasteiger partial charge >= 0.3 is 0 Å². The lowest BCUT2D eigenvalue weighted by molar-refractivity contribution is 0.619. The van der Waals surface area contributed by atoms with E-state index in [-0.39, 0.29) is 5.82 Å². The van der Waals surface area contributed by atoms with Gasteiger partial charge in [0.15, 0.2) is 0 Å². The topological polar surface area (TPSA) is 56.2 Å². The maximum Gasteiger partial charge on any atom is 0.140 e. The zero-order valence-corrected chi connectivity index (χ0v) is 8.84. The summed E-state index contributed by atoms with van der Waals surface area (Å²) in [6, 6.07) is 6.58. The molecular formula is C12H9FN4. The highest BCUT2D eigenvalue weighted by Crippen LogP contribution is 2.25. The Labute approximate surface area is 96.6 Å². The number of halogens is 1. The van der Waals surface area contributed by atoms with Gasteiger partial charge in [-0.1, -0.05) is 0 Å². The van der Waals surface area contributed by atoms with Crippen molar-refractivity contribution in [3.63, 3.8) is 0 Å². The van der Waals surface area contributed by atoms with E-state index in [1.54, 1.807) is 18.5 Å². The van der Waals surface area contributed by atoms with Crippen molar-refractivity contribution in [2.45, 2.75) is 0 Å². The molecule has 3 aromatic rings. The van der Waals surface area contributed by atoms with Crippen LogP contribution >= 0.6 is 0 Å². The second-order valence-electron chi connectivity index (χ2n) is 3.66. The maximum absolute atomic E-state index is 13.1. The Bertz CT molecular complexity index is 676. The molecule has 0 saturated carbocycles. The Morgan fingerprint density at radius 3 is 2.65 bits per heavy atom. The van der Waals surface area contributed by atoms with E-state index in [2.05, 4.69) is 9.97 Å². The van der Waals surface area contributed by atoms with E-state index in [4.69, 9.17) is 5.73 Å². The Hall–Kier alpha value is -2.43. The first kappa shape index (κ1) is 9.77. The van der Waals surface area contributed by atoms with Crippen molar-refractivity contribution in [2.24, 2.45) is 0 Å². The molecule has 0 radical (unpaired) electrons. The first-order valence-electron chi connectivity index (χ1n) is 5.09. The molecule has 3 rings (SSSR count). The lowest BCUT2D eigenvalue weighted by atomic mass is 10.2. The minimum absolute atomic E-state index is 0.345. The molecule has 3 heterocycles. The summed E-state index contributed by atoms with van der Waals surface area (Å²) in [6.07, 6.45) is 4.65. The number of imidazole rings is 1. The van der Waals surface area contributed by atoms with E-state index in [0.29, 0.717) is 17.2 Å². The van der Waals surface area contributed by atoms with Crippen LogP contribution in [0, 0.1) is 5.82 Å². The van der Waals surface area contributed by atoms with E-state index in [0.717, 1.165) is 5.56 Å². The molecule has 0 bridgehead atoms. The zero-order valence-electron chi connectivity index (χ0n) is 8.84. The van der Waals surface area contributed by atoms with Crippen molar-refractivity contribution in [3.05, 3.63) is 48.7 Å². The monoisotopic (exact) mass is 228 g/mol. The quantitative estimate of drug-likeness (QED) is 0.694. The summed E-state index contributed by atoms with van der Waals surface area (Å²) in [5, 5.41) is 0. The summed E-state index contributed by atoms with van der Waals surface area (Å²) in [4.78, 5) is 8.30. The van der Waals surface area contributed by atoms with Crippen LogP contribution in [-0.2, 0) is 0 Å². The maximum atomic E-state index is 13.1. The van der Waals surface area contributed by atoms with E-state index in [1.165, 1.54) is 16.7 Å². The summed E-state index contributed by atoms with van der Waals surface area (Å²) >= 11 is 0. The van der Waals surface area contributed by atoms with Crippen LogP contribution in [0.15, 0.2) is 42.9 Å².